The second kappa shape index (κ2) is 5.57. The molecule has 0 spiro atoms. The Morgan fingerprint density at radius 3 is 2.79 bits per heavy atom. The van der Waals surface area contributed by atoms with Crippen molar-refractivity contribution in [1.82, 2.24) is 5.32 Å². The lowest BCUT2D eigenvalue weighted by Crippen LogP contribution is -2.35. The first-order valence-corrected chi connectivity index (χ1v) is 4.43. The number of para-hydroxylation sites is 1. The SMILES string of the molecule is CNC(CO)COc1ccccc1F. The van der Waals surface area contributed by atoms with Crippen molar-refractivity contribution in [2.75, 3.05) is 20.3 Å². The minimum Gasteiger partial charge on any atom is -0.489 e. The molecular weight excluding hydrogens is 185 g/mol. The van der Waals surface area contributed by atoms with Gasteiger partial charge in [-0.25, -0.2) is 4.39 Å². The van der Waals surface area contributed by atoms with E-state index in [4.69, 9.17) is 9.84 Å². The van der Waals surface area contributed by atoms with Crippen LogP contribution in [0.4, 0.5) is 4.39 Å². The van der Waals surface area contributed by atoms with Crippen LogP contribution in [0, 0.1) is 5.82 Å². The molecule has 0 radical (unpaired) electrons. The molecule has 0 saturated carbocycles. The fourth-order valence-corrected chi connectivity index (χ4v) is 0.979. The molecule has 1 atom stereocenters. The Balaban J connectivity index is 2.49. The molecule has 1 unspecified atom stereocenters. The van der Waals surface area contributed by atoms with E-state index in [9.17, 15) is 4.39 Å². The second-order valence-electron chi connectivity index (χ2n) is 2.91. The van der Waals surface area contributed by atoms with Gasteiger partial charge in [-0.2, -0.15) is 0 Å². The smallest absolute Gasteiger partial charge is 0.165 e. The summed E-state index contributed by atoms with van der Waals surface area (Å²) in [5, 5.41) is 11.7. The Labute approximate surface area is 82.5 Å². The molecule has 0 aromatic heterocycles. The zero-order valence-corrected chi connectivity index (χ0v) is 8.03. The predicted molar refractivity (Wildman–Crippen MR) is 51.8 cm³/mol. The number of aliphatic hydroxyl groups is 1. The second-order valence-corrected chi connectivity index (χ2v) is 2.91. The van der Waals surface area contributed by atoms with Gasteiger partial charge < -0.3 is 15.2 Å². The number of hydrogen-bond donors (Lipinski definition) is 2. The van der Waals surface area contributed by atoms with Crippen LogP contribution in [-0.2, 0) is 0 Å². The maximum Gasteiger partial charge on any atom is 0.165 e. The number of hydrogen-bond acceptors (Lipinski definition) is 3. The Morgan fingerprint density at radius 1 is 1.50 bits per heavy atom. The summed E-state index contributed by atoms with van der Waals surface area (Å²) in [5.41, 5.74) is 0. The molecular formula is C10H14FNO2. The Morgan fingerprint density at radius 2 is 2.21 bits per heavy atom. The van der Waals surface area contributed by atoms with E-state index in [2.05, 4.69) is 5.32 Å². The summed E-state index contributed by atoms with van der Waals surface area (Å²) in [4.78, 5) is 0. The van der Waals surface area contributed by atoms with Gasteiger partial charge in [-0.1, -0.05) is 12.1 Å². The number of aliphatic hydroxyl groups excluding tert-OH is 1. The molecule has 4 heteroatoms. The molecule has 0 saturated heterocycles. The summed E-state index contributed by atoms with van der Waals surface area (Å²) in [6.07, 6.45) is 0. The number of likely N-dealkylation sites (N-methyl/N-ethyl adjacent to an activating group) is 1. The number of benzene rings is 1. The fraction of sp³-hybridized carbons (Fsp3) is 0.400. The third-order valence-corrected chi connectivity index (χ3v) is 1.91. The van der Waals surface area contributed by atoms with Crippen molar-refractivity contribution in [3.05, 3.63) is 30.1 Å². The zero-order chi connectivity index (χ0) is 10.4. The van der Waals surface area contributed by atoms with E-state index in [0.717, 1.165) is 0 Å². The van der Waals surface area contributed by atoms with Gasteiger partial charge in [0, 0.05) is 0 Å². The van der Waals surface area contributed by atoms with Gasteiger partial charge >= 0.3 is 0 Å². The standard InChI is InChI=1S/C10H14FNO2/c1-12-8(6-13)7-14-10-5-3-2-4-9(10)11/h2-5,8,12-13H,6-7H2,1H3. The van der Waals surface area contributed by atoms with Gasteiger partial charge in [-0.05, 0) is 19.2 Å². The average Bonchev–Trinajstić information content (AvgIpc) is 2.22. The number of ether oxygens (including phenoxy) is 1. The molecule has 0 aliphatic rings. The summed E-state index contributed by atoms with van der Waals surface area (Å²) < 4.78 is 18.2. The average molecular weight is 199 g/mol. The van der Waals surface area contributed by atoms with E-state index >= 15 is 0 Å². The van der Waals surface area contributed by atoms with Crippen LogP contribution in [-0.4, -0.2) is 31.4 Å². The van der Waals surface area contributed by atoms with E-state index in [1.807, 2.05) is 0 Å². The van der Waals surface area contributed by atoms with E-state index in [-0.39, 0.29) is 30.8 Å². The molecule has 0 aliphatic carbocycles. The lowest BCUT2D eigenvalue weighted by Gasteiger charge is -2.14. The van der Waals surface area contributed by atoms with Crippen molar-refractivity contribution in [3.63, 3.8) is 0 Å². The van der Waals surface area contributed by atoms with Crippen molar-refractivity contribution >= 4 is 0 Å². The molecule has 14 heavy (non-hydrogen) atoms. The topological polar surface area (TPSA) is 41.5 Å². The predicted octanol–water partition coefficient (Wildman–Crippen LogP) is 0.785. The Kier molecular flexibility index (Phi) is 4.35. The van der Waals surface area contributed by atoms with E-state index in [0.29, 0.717) is 0 Å². The first kappa shape index (κ1) is 10.9. The van der Waals surface area contributed by atoms with Crippen LogP contribution in [0.2, 0.25) is 0 Å². The van der Waals surface area contributed by atoms with Crippen molar-refractivity contribution in [2.45, 2.75) is 6.04 Å². The van der Waals surface area contributed by atoms with Gasteiger partial charge in [0.25, 0.3) is 0 Å². The maximum absolute atomic E-state index is 13.0. The quantitative estimate of drug-likeness (QED) is 0.736. The fourth-order valence-electron chi connectivity index (χ4n) is 0.979. The lowest BCUT2D eigenvalue weighted by molar-refractivity contribution is 0.185. The van der Waals surface area contributed by atoms with Gasteiger partial charge in [0.15, 0.2) is 11.6 Å². The summed E-state index contributed by atoms with van der Waals surface area (Å²) in [7, 11) is 1.71. The molecule has 0 fully saturated rings. The molecule has 1 aromatic rings. The molecule has 2 N–H and O–H groups in total. The van der Waals surface area contributed by atoms with Crippen molar-refractivity contribution in [2.24, 2.45) is 0 Å². The monoisotopic (exact) mass is 199 g/mol. The van der Waals surface area contributed by atoms with Crippen molar-refractivity contribution in [1.29, 1.82) is 0 Å². The molecule has 78 valence electrons. The van der Waals surface area contributed by atoms with Crippen LogP contribution < -0.4 is 10.1 Å². The van der Waals surface area contributed by atoms with Gasteiger partial charge in [0.1, 0.15) is 6.61 Å². The molecule has 1 rings (SSSR count). The highest BCUT2D eigenvalue weighted by Gasteiger charge is 2.06. The largest absolute Gasteiger partial charge is 0.489 e. The molecule has 0 aliphatic heterocycles. The van der Waals surface area contributed by atoms with Crippen molar-refractivity contribution in [3.8, 4) is 5.75 Å². The highest BCUT2D eigenvalue weighted by molar-refractivity contribution is 5.23. The van der Waals surface area contributed by atoms with E-state index in [1.165, 1.54) is 6.07 Å². The molecule has 1 aromatic carbocycles. The molecule has 0 heterocycles. The van der Waals surface area contributed by atoms with Gasteiger partial charge in [0.05, 0.1) is 12.6 Å². The highest BCUT2D eigenvalue weighted by Crippen LogP contribution is 2.15. The summed E-state index contributed by atoms with van der Waals surface area (Å²) >= 11 is 0. The molecule has 3 nitrogen and oxygen atoms in total. The third-order valence-electron chi connectivity index (χ3n) is 1.91. The van der Waals surface area contributed by atoms with Gasteiger partial charge in [-0.15, -0.1) is 0 Å². The van der Waals surface area contributed by atoms with E-state index < -0.39 is 0 Å². The normalized spacial score (nSPS) is 12.5. The van der Waals surface area contributed by atoms with Crippen LogP contribution in [0.15, 0.2) is 24.3 Å². The molecule has 0 amide bonds. The van der Waals surface area contributed by atoms with Crippen molar-refractivity contribution < 1.29 is 14.2 Å². The summed E-state index contributed by atoms with van der Waals surface area (Å²) in [6.45, 7) is 0.207. The lowest BCUT2D eigenvalue weighted by atomic mass is 10.3. The van der Waals surface area contributed by atoms with Crippen LogP contribution in [0.5, 0.6) is 5.75 Å². The van der Waals surface area contributed by atoms with Gasteiger partial charge in [-0.3, -0.25) is 0 Å². The van der Waals surface area contributed by atoms with Crippen LogP contribution in [0.3, 0.4) is 0 Å². The Bertz CT molecular complexity index is 277. The molecule has 0 bridgehead atoms. The summed E-state index contributed by atoms with van der Waals surface area (Å²) in [5.74, 6) is -0.179. The minimum absolute atomic E-state index is 0.0368. The van der Waals surface area contributed by atoms with E-state index in [1.54, 1.807) is 25.2 Å². The maximum atomic E-state index is 13.0. The summed E-state index contributed by atoms with van der Waals surface area (Å²) in [6, 6.07) is 6.02. The van der Waals surface area contributed by atoms with Crippen LogP contribution in [0.25, 0.3) is 0 Å². The Hall–Kier alpha value is -1.13. The number of nitrogens with one attached hydrogen (secondary N) is 1. The number of rotatable bonds is 5. The van der Waals surface area contributed by atoms with Crippen LogP contribution in [0.1, 0.15) is 0 Å². The van der Waals surface area contributed by atoms with Crippen LogP contribution >= 0.6 is 0 Å². The third kappa shape index (κ3) is 2.97. The highest BCUT2D eigenvalue weighted by atomic mass is 19.1. The zero-order valence-electron chi connectivity index (χ0n) is 8.03. The first-order valence-electron chi connectivity index (χ1n) is 4.43. The number of halogens is 1. The minimum atomic E-state index is -0.389. The van der Waals surface area contributed by atoms with Gasteiger partial charge in [0.2, 0.25) is 0 Å². The first-order chi connectivity index (χ1) is 6.77.